The number of ether oxygens (including phenoxy) is 2. The Morgan fingerprint density at radius 1 is 1.12 bits per heavy atom. The molecule has 174 valence electrons. The van der Waals surface area contributed by atoms with E-state index in [9.17, 15) is 13.2 Å². The van der Waals surface area contributed by atoms with Crippen molar-refractivity contribution in [2.24, 2.45) is 0 Å². The van der Waals surface area contributed by atoms with Crippen LogP contribution in [0, 0.1) is 0 Å². The molecule has 0 saturated carbocycles. The number of carbonyl (C=O) groups is 1. The van der Waals surface area contributed by atoms with Gasteiger partial charge in [-0.25, -0.2) is 13.4 Å². The highest BCUT2D eigenvalue weighted by atomic mass is 32.2. The van der Waals surface area contributed by atoms with E-state index < -0.39 is 10.0 Å². The summed E-state index contributed by atoms with van der Waals surface area (Å²) in [7, 11) is -3.71. The van der Waals surface area contributed by atoms with E-state index >= 15 is 0 Å². The third-order valence-electron chi connectivity index (χ3n) is 5.17. The Bertz CT molecular complexity index is 1190. The summed E-state index contributed by atoms with van der Waals surface area (Å²) in [5.41, 5.74) is 3.39. The summed E-state index contributed by atoms with van der Waals surface area (Å²) in [6, 6.07) is 11.4. The van der Waals surface area contributed by atoms with Crippen molar-refractivity contribution in [1.82, 2.24) is 9.29 Å². The molecule has 1 aliphatic heterocycles. The van der Waals surface area contributed by atoms with Gasteiger partial charge in [0.05, 0.1) is 17.8 Å². The van der Waals surface area contributed by atoms with Gasteiger partial charge in [-0.15, -0.1) is 11.3 Å². The molecule has 1 fully saturated rings. The standard InChI is InChI=1S/C23H25N3O5S2/c1-2-30-21-10-7-18(13-22(21)33(28,29)26-11-3-4-12-26)25-23(27)17-5-8-20(9-6-17)31-14-19-15-32-16-24-19/h5-10,13,15-16H,2-4,11-12,14H2,1H3,(H,25,27). The number of nitrogens with one attached hydrogen (secondary N) is 1. The minimum Gasteiger partial charge on any atom is -0.492 e. The lowest BCUT2D eigenvalue weighted by molar-refractivity contribution is 0.102. The van der Waals surface area contributed by atoms with Crippen LogP contribution in [0.1, 0.15) is 35.8 Å². The second kappa shape index (κ2) is 10.3. The minimum atomic E-state index is -3.71. The Morgan fingerprint density at radius 3 is 2.55 bits per heavy atom. The summed E-state index contributed by atoms with van der Waals surface area (Å²) in [5.74, 6) is 0.554. The topological polar surface area (TPSA) is 97.8 Å². The van der Waals surface area contributed by atoms with Gasteiger partial charge in [0.25, 0.3) is 5.91 Å². The zero-order chi connectivity index (χ0) is 23.3. The van der Waals surface area contributed by atoms with E-state index in [0.29, 0.717) is 43.3 Å². The van der Waals surface area contributed by atoms with Crippen molar-refractivity contribution in [2.75, 3.05) is 25.0 Å². The van der Waals surface area contributed by atoms with Crippen molar-refractivity contribution >= 4 is 33.0 Å². The van der Waals surface area contributed by atoms with Crippen LogP contribution in [0.15, 0.2) is 58.3 Å². The fraction of sp³-hybridized carbons (Fsp3) is 0.304. The van der Waals surface area contributed by atoms with E-state index in [-0.39, 0.29) is 16.6 Å². The third-order valence-corrected chi connectivity index (χ3v) is 7.73. The molecule has 1 aliphatic rings. The minimum absolute atomic E-state index is 0.0647. The Kier molecular flexibility index (Phi) is 7.26. The third kappa shape index (κ3) is 5.52. The van der Waals surface area contributed by atoms with Crippen LogP contribution in [0.3, 0.4) is 0 Å². The first-order valence-corrected chi connectivity index (χ1v) is 13.0. The van der Waals surface area contributed by atoms with E-state index in [0.717, 1.165) is 18.5 Å². The Labute approximate surface area is 197 Å². The number of hydrogen-bond acceptors (Lipinski definition) is 7. The number of rotatable bonds is 9. The first-order chi connectivity index (χ1) is 16.0. The molecule has 1 N–H and O–H groups in total. The quantitative estimate of drug-likeness (QED) is 0.487. The Hall–Kier alpha value is -2.95. The first-order valence-electron chi connectivity index (χ1n) is 10.7. The molecule has 1 aromatic heterocycles. The predicted molar refractivity (Wildman–Crippen MR) is 126 cm³/mol. The normalized spacial score (nSPS) is 14.2. The van der Waals surface area contributed by atoms with Gasteiger partial charge >= 0.3 is 0 Å². The molecule has 2 heterocycles. The average molecular weight is 488 g/mol. The number of carbonyl (C=O) groups excluding carboxylic acids is 1. The molecule has 8 nitrogen and oxygen atoms in total. The average Bonchev–Trinajstić information content (AvgIpc) is 3.54. The van der Waals surface area contributed by atoms with Gasteiger partial charge in [0.2, 0.25) is 10.0 Å². The number of benzene rings is 2. The van der Waals surface area contributed by atoms with Gasteiger partial charge in [-0.05, 0) is 62.2 Å². The second-order valence-electron chi connectivity index (χ2n) is 7.45. The van der Waals surface area contributed by atoms with Crippen LogP contribution in [-0.2, 0) is 16.6 Å². The van der Waals surface area contributed by atoms with Crippen LogP contribution in [0.4, 0.5) is 5.69 Å². The molecular formula is C23H25N3O5S2. The van der Waals surface area contributed by atoms with Crippen molar-refractivity contribution in [1.29, 1.82) is 0 Å². The number of nitrogens with zero attached hydrogens (tertiary/aromatic N) is 2. The molecule has 0 spiro atoms. The number of anilines is 1. The highest BCUT2D eigenvalue weighted by Crippen LogP contribution is 2.32. The molecule has 1 saturated heterocycles. The molecule has 4 rings (SSSR count). The van der Waals surface area contributed by atoms with Gasteiger partial charge < -0.3 is 14.8 Å². The maximum absolute atomic E-state index is 13.1. The molecule has 3 aromatic rings. The number of thiazole rings is 1. The van der Waals surface area contributed by atoms with Crippen molar-refractivity contribution in [2.45, 2.75) is 31.3 Å². The molecule has 0 atom stereocenters. The van der Waals surface area contributed by atoms with Crippen LogP contribution < -0.4 is 14.8 Å². The number of hydrogen-bond donors (Lipinski definition) is 1. The van der Waals surface area contributed by atoms with Crippen molar-refractivity contribution in [3.63, 3.8) is 0 Å². The first kappa shape index (κ1) is 23.2. The molecular weight excluding hydrogens is 462 g/mol. The monoisotopic (exact) mass is 487 g/mol. The van der Waals surface area contributed by atoms with Crippen molar-refractivity contribution < 1.29 is 22.7 Å². The molecule has 33 heavy (non-hydrogen) atoms. The van der Waals surface area contributed by atoms with Gasteiger partial charge in [-0.2, -0.15) is 4.31 Å². The molecule has 0 aliphatic carbocycles. The molecule has 10 heteroatoms. The smallest absolute Gasteiger partial charge is 0.255 e. The summed E-state index contributed by atoms with van der Waals surface area (Å²) >= 11 is 1.50. The summed E-state index contributed by atoms with van der Waals surface area (Å²) in [5, 5.41) is 4.69. The zero-order valence-corrected chi connectivity index (χ0v) is 19.8. The zero-order valence-electron chi connectivity index (χ0n) is 18.2. The maximum atomic E-state index is 13.1. The molecule has 2 aromatic carbocycles. The highest BCUT2D eigenvalue weighted by molar-refractivity contribution is 7.89. The molecule has 0 radical (unpaired) electrons. The van der Waals surface area contributed by atoms with E-state index in [1.165, 1.54) is 21.7 Å². The summed E-state index contributed by atoms with van der Waals surface area (Å²) in [6.45, 7) is 3.47. The van der Waals surface area contributed by atoms with E-state index in [2.05, 4.69) is 10.3 Å². The van der Waals surface area contributed by atoms with Crippen molar-refractivity contribution in [3.8, 4) is 11.5 Å². The number of sulfonamides is 1. The van der Waals surface area contributed by atoms with Crippen molar-refractivity contribution in [3.05, 3.63) is 64.6 Å². The Balaban J connectivity index is 1.48. The lowest BCUT2D eigenvalue weighted by atomic mass is 10.2. The maximum Gasteiger partial charge on any atom is 0.255 e. The summed E-state index contributed by atoms with van der Waals surface area (Å²) in [4.78, 5) is 17.0. The summed E-state index contributed by atoms with van der Waals surface area (Å²) in [6.07, 6.45) is 1.67. The van der Waals surface area contributed by atoms with Crippen LogP contribution in [0.2, 0.25) is 0 Å². The van der Waals surface area contributed by atoms with Gasteiger partial charge in [-0.3, -0.25) is 4.79 Å². The number of aromatic nitrogens is 1. The lowest BCUT2D eigenvalue weighted by Gasteiger charge is -2.19. The van der Waals surface area contributed by atoms with E-state index in [1.807, 2.05) is 5.38 Å². The molecule has 1 amide bonds. The SMILES string of the molecule is CCOc1ccc(NC(=O)c2ccc(OCc3cscn3)cc2)cc1S(=O)(=O)N1CCCC1. The van der Waals surface area contributed by atoms with Gasteiger partial charge in [0.15, 0.2) is 0 Å². The van der Waals surface area contributed by atoms with Crippen LogP contribution >= 0.6 is 11.3 Å². The number of amides is 1. The molecule has 0 bridgehead atoms. The second-order valence-corrected chi connectivity index (χ2v) is 10.1. The van der Waals surface area contributed by atoms with Crippen LogP contribution in [-0.4, -0.2) is 43.3 Å². The Morgan fingerprint density at radius 2 is 1.88 bits per heavy atom. The van der Waals surface area contributed by atoms with Crippen LogP contribution in [0.25, 0.3) is 0 Å². The fourth-order valence-electron chi connectivity index (χ4n) is 3.50. The lowest BCUT2D eigenvalue weighted by Crippen LogP contribution is -2.28. The van der Waals surface area contributed by atoms with Crippen LogP contribution in [0.5, 0.6) is 11.5 Å². The van der Waals surface area contributed by atoms with Gasteiger partial charge in [0, 0.05) is 29.7 Å². The fourth-order valence-corrected chi connectivity index (χ4v) is 5.72. The van der Waals surface area contributed by atoms with E-state index in [1.54, 1.807) is 48.8 Å². The highest BCUT2D eigenvalue weighted by Gasteiger charge is 2.30. The van der Waals surface area contributed by atoms with Gasteiger partial charge in [-0.1, -0.05) is 0 Å². The largest absolute Gasteiger partial charge is 0.492 e. The van der Waals surface area contributed by atoms with Gasteiger partial charge in [0.1, 0.15) is 23.0 Å². The predicted octanol–water partition coefficient (Wildman–Crippen LogP) is 4.16. The van der Waals surface area contributed by atoms with E-state index in [4.69, 9.17) is 9.47 Å². The summed E-state index contributed by atoms with van der Waals surface area (Å²) < 4.78 is 39.0. The molecule has 0 unspecified atom stereocenters.